The number of rotatable bonds is 4. The Balaban J connectivity index is 1.92. The predicted octanol–water partition coefficient (Wildman–Crippen LogP) is 0.494. The van der Waals surface area contributed by atoms with Crippen LogP contribution in [0.4, 0.5) is 0 Å². The third-order valence-electron chi connectivity index (χ3n) is 3.13. The SMILES string of the molecule is CCCCN1CCN(C(=O)c2cn[nH]c2)CC1=O. The van der Waals surface area contributed by atoms with Gasteiger partial charge in [0.2, 0.25) is 5.91 Å². The molecule has 1 fully saturated rings. The summed E-state index contributed by atoms with van der Waals surface area (Å²) < 4.78 is 0. The number of nitrogens with one attached hydrogen (secondary N) is 1. The number of H-pyrrole nitrogens is 1. The minimum Gasteiger partial charge on any atom is -0.339 e. The summed E-state index contributed by atoms with van der Waals surface area (Å²) in [4.78, 5) is 27.3. The van der Waals surface area contributed by atoms with Crippen LogP contribution in [0.15, 0.2) is 12.4 Å². The van der Waals surface area contributed by atoms with Crippen molar-refractivity contribution in [3.05, 3.63) is 18.0 Å². The average molecular weight is 250 g/mol. The smallest absolute Gasteiger partial charge is 0.257 e. The normalized spacial score (nSPS) is 16.2. The first kappa shape index (κ1) is 12.6. The van der Waals surface area contributed by atoms with Crippen LogP contribution < -0.4 is 0 Å². The fourth-order valence-electron chi connectivity index (χ4n) is 2.02. The zero-order chi connectivity index (χ0) is 13.0. The summed E-state index contributed by atoms with van der Waals surface area (Å²) in [6.07, 6.45) is 5.12. The molecule has 0 bridgehead atoms. The van der Waals surface area contributed by atoms with Gasteiger partial charge >= 0.3 is 0 Å². The van der Waals surface area contributed by atoms with E-state index < -0.39 is 0 Å². The number of amides is 2. The topological polar surface area (TPSA) is 69.3 Å². The molecule has 2 rings (SSSR count). The summed E-state index contributed by atoms with van der Waals surface area (Å²) in [6, 6.07) is 0. The van der Waals surface area contributed by atoms with Gasteiger partial charge in [0.25, 0.3) is 5.91 Å². The van der Waals surface area contributed by atoms with E-state index in [1.807, 2.05) is 4.90 Å². The van der Waals surface area contributed by atoms with Gasteiger partial charge < -0.3 is 9.80 Å². The first-order valence-electron chi connectivity index (χ1n) is 6.28. The highest BCUT2D eigenvalue weighted by atomic mass is 16.2. The van der Waals surface area contributed by atoms with Crippen molar-refractivity contribution < 1.29 is 9.59 Å². The molecule has 1 aromatic heterocycles. The number of hydrogen-bond acceptors (Lipinski definition) is 3. The third kappa shape index (κ3) is 2.69. The Morgan fingerprint density at radius 2 is 2.33 bits per heavy atom. The van der Waals surface area contributed by atoms with Crippen molar-refractivity contribution in [2.45, 2.75) is 19.8 Å². The lowest BCUT2D eigenvalue weighted by molar-refractivity contribution is -0.135. The first-order chi connectivity index (χ1) is 8.72. The van der Waals surface area contributed by atoms with Gasteiger partial charge in [-0.1, -0.05) is 13.3 Å². The number of piperazine rings is 1. The van der Waals surface area contributed by atoms with E-state index in [0.717, 1.165) is 19.4 Å². The van der Waals surface area contributed by atoms with E-state index >= 15 is 0 Å². The molecule has 1 aliphatic rings. The number of hydrogen-bond donors (Lipinski definition) is 1. The minimum atomic E-state index is -0.132. The quantitative estimate of drug-likeness (QED) is 0.845. The molecule has 1 aliphatic heterocycles. The molecule has 1 aromatic rings. The van der Waals surface area contributed by atoms with Crippen LogP contribution in [0.1, 0.15) is 30.1 Å². The van der Waals surface area contributed by atoms with Crippen LogP contribution in [0.25, 0.3) is 0 Å². The van der Waals surface area contributed by atoms with Crippen molar-refractivity contribution in [1.29, 1.82) is 0 Å². The average Bonchev–Trinajstić information content (AvgIpc) is 2.90. The molecule has 0 atom stereocenters. The van der Waals surface area contributed by atoms with Gasteiger partial charge in [-0.2, -0.15) is 5.10 Å². The third-order valence-corrected chi connectivity index (χ3v) is 3.13. The van der Waals surface area contributed by atoms with E-state index in [1.165, 1.54) is 6.20 Å². The molecule has 98 valence electrons. The van der Waals surface area contributed by atoms with Crippen molar-refractivity contribution in [3.63, 3.8) is 0 Å². The van der Waals surface area contributed by atoms with E-state index in [4.69, 9.17) is 0 Å². The minimum absolute atomic E-state index is 0.0338. The van der Waals surface area contributed by atoms with Gasteiger partial charge in [0.1, 0.15) is 6.54 Å². The van der Waals surface area contributed by atoms with Gasteiger partial charge in [0.15, 0.2) is 0 Å². The Morgan fingerprint density at radius 1 is 1.50 bits per heavy atom. The van der Waals surface area contributed by atoms with Crippen LogP contribution in [0.3, 0.4) is 0 Å². The summed E-state index contributed by atoms with van der Waals surface area (Å²) in [5.41, 5.74) is 0.504. The predicted molar refractivity (Wildman–Crippen MR) is 66.0 cm³/mol. The van der Waals surface area contributed by atoms with Crippen molar-refractivity contribution in [1.82, 2.24) is 20.0 Å². The molecule has 6 heteroatoms. The van der Waals surface area contributed by atoms with Crippen LogP contribution in [-0.4, -0.2) is 58.0 Å². The second kappa shape index (κ2) is 5.66. The van der Waals surface area contributed by atoms with Crippen LogP contribution in [0, 0.1) is 0 Å². The van der Waals surface area contributed by atoms with Gasteiger partial charge in [0, 0.05) is 25.8 Å². The van der Waals surface area contributed by atoms with E-state index in [1.54, 1.807) is 11.1 Å². The van der Waals surface area contributed by atoms with Crippen molar-refractivity contribution in [2.24, 2.45) is 0 Å². The molecule has 0 unspecified atom stereocenters. The molecule has 0 radical (unpaired) electrons. The number of aromatic nitrogens is 2. The summed E-state index contributed by atoms with van der Waals surface area (Å²) in [7, 11) is 0. The summed E-state index contributed by atoms with van der Waals surface area (Å²) in [6.45, 7) is 4.29. The lowest BCUT2D eigenvalue weighted by atomic mass is 10.2. The van der Waals surface area contributed by atoms with E-state index in [2.05, 4.69) is 17.1 Å². The second-order valence-corrected chi connectivity index (χ2v) is 4.45. The maximum Gasteiger partial charge on any atom is 0.257 e. The van der Waals surface area contributed by atoms with Crippen LogP contribution in [-0.2, 0) is 4.79 Å². The molecule has 0 aliphatic carbocycles. The lowest BCUT2D eigenvalue weighted by Crippen LogP contribution is -2.52. The molecule has 2 amide bonds. The Labute approximate surface area is 106 Å². The highest BCUT2D eigenvalue weighted by molar-refractivity contribution is 5.96. The second-order valence-electron chi connectivity index (χ2n) is 4.45. The standard InChI is InChI=1S/C12H18N4O2/c1-2-3-4-15-5-6-16(9-11(15)17)12(18)10-7-13-14-8-10/h7-8H,2-6,9H2,1H3,(H,13,14). The molecule has 1 N–H and O–H groups in total. The fourth-order valence-corrected chi connectivity index (χ4v) is 2.02. The van der Waals surface area contributed by atoms with Gasteiger partial charge in [0.05, 0.1) is 11.8 Å². The molecule has 0 aromatic carbocycles. The Bertz CT molecular complexity index is 416. The molecule has 6 nitrogen and oxygen atoms in total. The van der Waals surface area contributed by atoms with E-state index in [0.29, 0.717) is 18.7 Å². The highest BCUT2D eigenvalue weighted by Crippen LogP contribution is 2.09. The monoisotopic (exact) mass is 250 g/mol. The van der Waals surface area contributed by atoms with Crippen molar-refractivity contribution in [2.75, 3.05) is 26.2 Å². The number of carbonyl (C=O) groups excluding carboxylic acids is 2. The fraction of sp³-hybridized carbons (Fsp3) is 0.583. The molecular weight excluding hydrogens is 232 g/mol. The zero-order valence-electron chi connectivity index (χ0n) is 10.6. The molecule has 0 saturated carbocycles. The van der Waals surface area contributed by atoms with Gasteiger partial charge in [-0.05, 0) is 6.42 Å². The van der Waals surface area contributed by atoms with Gasteiger partial charge in [-0.15, -0.1) is 0 Å². The molecular formula is C12H18N4O2. The molecule has 18 heavy (non-hydrogen) atoms. The maximum absolute atomic E-state index is 12.0. The van der Waals surface area contributed by atoms with Crippen LogP contribution >= 0.6 is 0 Å². The Morgan fingerprint density at radius 3 is 2.94 bits per heavy atom. The lowest BCUT2D eigenvalue weighted by Gasteiger charge is -2.34. The Hall–Kier alpha value is -1.85. The van der Waals surface area contributed by atoms with Crippen molar-refractivity contribution in [3.8, 4) is 0 Å². The number of nitrogens with zero attached hydrogens (tertiary/aromatic N) is 3. The number of unbranched alkanes of at least 4 members (excludes halogenated alkanes) is 1. The molecule has 0 spiro atoms. The number of aromatic amines is 1. The van der Waals surface area contributed by atoms with Crippen LogP contribution in [0.2, 0.25) is 0 Å². The van der Waals surface area contributed by atoms with E-state index in [9.17, 15) is 9.59 Å². The van der Waals surface area contributed by atoms with E-state index in [-0.39, 0.29) is 18.4 Å². The molecule has 2 heterocycles. The van der Waals surface area contributed by atoms with Gasteiger partial charge in [-0.3, -0.25) is 14.7 Å². The Kier molecular flexibility index (Phi) is 3.96. The summed E-state index contributed by atoms with van der Waals surface area (Å²) >= 11 is 0. The van der Waals surface area contributed by atoms with Crippen molar-refractivity contribution >= 4 is 11.8 Å². The highest BCUT2D eigenvalue weighted by Gasteiger charge is 2.27. The maximum atomic E-state index is 12.0. The summed E-state index contributed by atoms with van der Waals surface area (Å²) in [5.74, 6) is -0.0983. The largest absolute Gasteiger partial charge is 0.339 e. The van der Waals surface area contributed by atoms with Gasteiger partial charge in [-0.25, -0.2) is 0 Å². The molecule has 1 saturated heterocycles. The van der Waals surface area contributed by atoms with Crippen LogP contribution in [0.5, 0.6) is 0 Å². The zero-order valence-corrected chi connectivity index (χ0v) is 10.6. The summed E-state index contributed by atoms with van der Waals surface area (Å²) in [5, 5.41) is 6.35. The number of carbonyl (C=O) groups is 2. The first-order valence-corrected chi connectivity index (χ1v) is 6.28.